The Morgan fingerprint density at radius 1 is 1.05 bits per heavy atom. The summed E-state index contributed by atoms with van der Waals surface area (Å²) < 4.78 is 1.97. The number of anilines is 1. The second-order valence-corrected chi connectivity index (χ2v) is 4.86. The van der Waals surface area contributed by atoms with Crippen molar-refractivity contribution in [1.82, 2.24) is 9.55 Å². The van der Waals surface area contributed by atoms with Gasteiger partial charge < -0.3 is 10.8 Å². The first kappa shape index (κ1) is 11.8. The summed E-state index contributed by atoms with van der Waals surface area (Å²) in [5, 5.41) is 10.0. The molecule has 0 atom stereocenters. The monoisotopic (exact) mass is 279 g/mol. The minimum atomic E-state index is 0.170. The fourth-order valence-corrected chi connectivity index (χ4v) is 2.56. The highest BCUT2D eigenvalue weighted by atomic mass is 16.3. The van der Waals surface area contributed by atoms with Gasteiger partial charge in [-0.1, -0.05) is 24.3 Å². The van der Waals surface area contributed by atoms with Crippen LogP contribution in [0.15, 0.2) is 53.5 Å². The standard InChI is InChI=1S/C15H13N5O/c16-14-18-15-17-10-5-1-2-6-11(10)20(15)9-19(14)12-7-3-4-8-13(12)21/h1-8,21H,9H2,(H2,16,17,18). The number of aromatic nitrogens is 2. The van der Waals surface area contributed by atoms with Gasteiger partial charge in [0, 0.05) is 0 Å². The Morgan fingerprint density at radius 2 is 1.81 bits per heavy atom. The van der Waals surface area contributed by atoms with Crippen LogP contribution in [0.1, 0.15) is 0 Å². The first-order chi connectivity index (χ1) is 10.2. The van der Waals surface area contributed by atoms with Crippen molar-refractivity contribution in [3.05, 3.63) is 48.5 Å². The van der Waals surface area contributed by atoms with Crippen LogP contribution < -0.4 is 10.6 Å². The zero-order chi connectivity index (χ0) is 14.4. The number of phenols is 1. The van der Waals surface area contributed by atoms with Crippen molar-refractivity contribution in [1.29, 1.82) is 0 Å². The molecule has 3 aromatic rings. The van der Waals surface area contributed by atoms with Crippen LogP contribution in [-0.4, -0.2) is 20.6 Å². The molecule has 0 aliphatic carbocycles. The second kappa shape index (κ2) is 4.24. The van der Waals surface area contributed by atoms with Crippen LogP contribution in [-0.2, 0) is 6.67 Å². The molecule has 1 aliphatic heterocycles. The molecule has 0 spiro atoms. The van der Waals surface area contributed by atoms with Gasteiger partial charge in [-0.15, -0.1) is 0 Å². The van der Waals surface area contributed by atoms with Gasteiger partial charge in [-0.2, -0.15) is 4.99 Å². The predicted molar refractivity (Wildman–Crippen MR) is 81.6 cm³/mol. The number of imidazole rings is 1. The highest BCUT2D eigenvalue weighted by Gasteiger charge is 2.23. The van der Waals surface area contributed by atoms with Gasteiger partial charge in [-0.05, 0) is 24.3 Å². The number of phenolic OH excluding ortho intramolecular Hbond substituents is 1. The van der Waals surface area contributed by atoms with Crippen molar-refractivity contribution in [2.75, 3.05) is 4.90 Å². The summed E-state index contributed by atoms with van der Waals surface area (Å²) in [6, 6.07) is 14.9. The van der Waals surface area contributed by atoms with Crippen LogP contribution in [0.3, 0.4) is 0 Å². The van der Waals surface area contributed by atoms with Crippen molar-refractivity contribution >= 4 is 28.6 Å². The number of benzene rings is 2. The van der Waals surface area contributed by atoms with Gasteiger partial charge in [0.05, 0.1) is 16.7 Å². The third-order valence-corrected chi connectivity index (χ3v) is 3.58. The molecule has 3 N–H and O–H groups in total. The molecule has 6 heteroatoms. The van der Waals surface area contributed by atoms with E-state index in [4.69, 9.17) is 5.73 Å². The second-order valence-electron chi connectivity index (χ2n) is 4.86. The minimum Gasteiger partial charge on any atom is -0.506 e. The molecule has 0 saturated carbocycles. The lowest BCUT2D eigenvalue weighted by Gasteiger charge is -2.28. The molecule has 6 nitrogen and oxygen atoms in total. The summed E-state index contributed by atoms with van der Waals surface area (Å²) in [4.78, 5) is 10.6. The molecule has 4 rings (SSSR count). The lowest BCUT2D eigenvalue weighted by molar-refractivity contribution is 0.474. The molecule has 0 fully saturated rings. The van der Waals surface area contributed by atoms with Crippen molar-refractivity contribution in [3.8, 4) is 5.75 Å². The Morgan fingerprint density at radius 3 is 2.67 bits per heavy atom. The van der Waals surface area contributed by atoms with E-state index in [-0.39, 0.29) is 5.75 Å². The van der Waals surface area contributed by atoms with E-state index in [2.05, 4.69) is 9.98 Å². The molecule has 104 valence electrons. The van der Waals surface area contributed by atoms with Gasteiger partial charge in [0.15, 0.2) is 0 Å². The Balaban J connectivity index is 1.87. The topological polar surface area (TPSA) is 79.7 Å². The van der Waals surface area contributed by atoms with E-state index >= 15 is 0 Å². The van der Waals surface area contributed by atoms with E-state index in [1.54, 1.807) is 17.0 Å². The molecular formula is C15H13N5O. The quantitative estimate of drug-likeness (QED) is 0.715. The molecule has 1 aliphatic rings. The molecule has 1 aromatic heterocycles. The summed E-state index contributed by atoms with van der Waals surface area (Å²) in [6.07, 6.45) is 0. The summed E-state index contributed by atoms with van der Waals surface area (Å²) >= 11 is 0. The van der Waals surface area contributed by atoms with Crippen LogP contribution in [0, 0.1) is 0 Å². The van der Waals surface area contributed by atoms with Gasteiger partial charge in [0.2, 0.25) is 11.9 Å². The average Bonchev–Trinajstić information content (AvgIpc) is 2.84. The summed E-state index contributed by atoms with van der Waals surface area (Å²) in [5.74, 6) is 1.07. The van der Waals surface area contributed by atoms with E-state index in [0.29, 0.717) is 24.3 Å². The van der Waals surface area contributed by atoms with Crippen molar-refractivity contribution in [2.24, 2.45) is 10.7 Å². The summed E-state index contributed by atoms with van der Waals surface area (Å²) in [5.41, 5.74) is 8.52. The third-order valence-electron chi connectivity index (χ3n) is 3.58. The number of para-hydroxylation sites is 4. The predicted octanol–water partition coefficient (Wildman–Crippen LogP) is 2.17. The number of nitrogens with two attached hydrogens (primary N) is 1. The number of aromatic hydroxyl groups is 1. The van der Waals surface area contributed by atoms with Crippen molar-refractivity contribution < 1.29 is 5.11 Å². The minimum absolute atomic E-state index is 0.170. The molecule has 2 aromatic carbocycles. The van der Waals surface area contributed by atoms with Crippen molar-refractivity contribution in [2.45, 2.75) is 6.67 Å². The van der Waals surface area contributed by atoms with Gasteiger partial charge in [-0.25, -0.2) is 4.98 Å². The number of aliphatic imine (C=N–C) groups is 1. The summed E-state index contributed by atoms with van der Waals surface area (Å²) in [7, 11) is 0. The fourth-order valence-electron chi connectivity index (χ4n) is 2.56. The normalized spacial score (nSPS) is 14.1. The van der Waals surface area contributed by atoms with Crippen LogP contribution in [0.25, 0.3) is 11.0 Å². The Labute approximate surface area is 120 Å². The zero-order valence-corrected chi connectivity index (χ0v) is 11.1. The lowest BCUT2D eigenvalue weighted by atomic mass is 10.2. The van der Waals surface area contributed by atoms with E-state index in [1.807, 2.05) is 41.0 Å². The van der Waals surface area contributed by atoms with Gasteiger partial charge in [0.1, 0.15) is 12.4 Å². The Hall–Kier alpha value is -3.02. The number of nitrogens with zero attached hydrogens (tertiary/aromatic N) is 4. The molecule has 0 unspecified atom stereocenters. The molecule has 0 bridgehead atoms. The molecule has 0 saturated heterocycles. The number of hydrogen-bond donors (Lipinski definition) is 2. The maximum absolute atomic E-state index is 10.0. The largest absolute Gasteiger partial charge is 0.506 e. The zero-order valence-electron chi connectivity index (χ0n) is 11.1. The fraction of sp³-hybridized carbons (Fsp3) is 0.0667. The van der Waals surface area contributed by atoms with E-state index in [1.165, 1.54) is 0 Å². The van der Waals surface area contributed by atoms with E-state index in [0.717, 1.165) is 11.0 Å². The Bertz CT molecular complexity index is 867. The summed E-state index contributed by atoms with van der Waals surface area (Å²) in [6.45, 7) is 0.461. The molecule has 0 amide bonds. The van der Waals surface area contributed by atoms with Gasteiger partial charge >= 0.3 is 0 Å². The number of rotatable bonds is 1. The number of hydrogen-bond acceptors (Lipinski definition) is 5. The Kier molecular flexibility index (Phi) is 2.38. The van der Waals surface area contributed by atoms with Crippen LogP contribution in [0.5, 0.6) is 5.75 Å². The van der Waals surface area contributed by atoms with Crippen LogP contribution >= 0.6 is 0 Å². The maximum atomic E-state index is 10.0. The molecule has 2 heterocycles. The highest BCUT2D eigenvalue weighted by molar-refractivity contribution is 5.98. The molecule has 0 radical (unpaired) electrons. The molecular weight excluding hydrogens is 266 g/mol. The van der Waals surface area contributed by atoms with Crippen molar-refractivity contribution in [3.63, 3.8) is 0 Å². The smallest absolute Gasteiger partial charge is 0.235 e. The third kappa shape index (κ3) is 1.73. The average molecular weight is 279 g/mol. The highest BCUT2D eigenvalue weighted by Crippen LogP contribution is 2.32. The first-order valence-corrected chi connectivity index (χ1v) is 6.59. The lowest BCUT2D eigenvalue weighted by Crippen LogP contribution is -2.41. The SMILES string of the molecule is NC1=Nc2nc3ccccc3n2CN1c1ccccc1O. The first-order valence-electron chi connectivity index (χ1n) is 6.59. The van der Waals surface area contributed by atoms with Gasteiger partial charge in [-0.3, -0.25) is 9.47 Å². The van der Waals surface area contributed by atoms with Crippen LogP contribution in [0.4, 0.5) is 11.6 Å². The van der Waals surface area contributed by atoms with Crippen LogP contribution in [0.2, 0.25) is 0 Å². The maximum Gasteiger partial charge on any atom is 0.235 e. The van der Waals surface area contributed by atoms with Gasteiger partial charge in [0.25, 0.3) is 0 Å². The van der Waals surface area contributed by atoms with E-state index < -0.39 is 0 Å². The number of fused-ring (bicyclic) bond motifs is 3. The number of guanidine groups is 1. The molecule has 21 heavy (non-hydrogen) atoms. The van der Waals surface area contributed by atoms with E-state index in [9.17, 15) is 5.11 Å².